The Kier molecular flexibility index (Phi) is 2.10. The minimum atomic E-state index is -0.827. The van der Waals surface area contributed by atoms with Crippen LogP contribution < -0.4 is 5.73 Å². The molecule has 1 amide bonds. The van der Waals surface area contributed by atoms with Gasteiger partial charge in [0.25, 0.3) is 5.91 Å². The molecular formula is C6H6FN3O. The van der Waals surface area contributed by atoms with E-state index in [1.54, 1.807) is 0 Å². The molecule has 1 rings (SSSR count). The zero-order valence-electron chi connectivity index (χ0n) is 5.62. The number of halogens is 1. The first-order valence-corrected chi connectivity index (χ1v) is 2.91. The van der Waals surface area contributed by atoms with Crippen LogP contribution in [0.2, 0.25) is 0 Å². The van der Waals surface area contributed by atoms with Crippen molar-refractivity contribution in [2.24, 2.45) is 5.73 Å². The monoisotopic (exact) mass is 155 g/mol. The van der Waals surface area contributed by atoms with Gasteiger partial charge in [0.15, 0.2) is 5.69 Å². The Morgan fingerprint density at radius 1 is 1.55 bits per heavy atom. The number of nitrogens with two attached hydrogens (primary N) is 1. The Labute approximate surface area is 62.3 Å². The molecule has 0 aromatic carbocycles. The number of hydrogen-bond acceptors (Lipinski definition) is 3. The zero-order valence-corrected chi connectivity index (χ0v) is 5.62. The van der Waals surface area contributed by atoms with Gasteiger partial charge in [0.1, 0.15) is 12.4 Å². The summed E-state index contributed by atoms with van der Waals surface area (Å²) >= 11 is 0. The van der Waals surface area contributed by atoms with Crippen molar-refractivity contribution < 1.29 is 9.18 Å². The Balaban J connectivity index is 3.12. The number of rotatable bonds is 2. The van der Waals surface area contributed by atoms with Crippen LogP contribution in [-0.4, -0.2) is 15.9 Å². The summed E-state index contributed by atoms with van der Waals surface area (Å²) in [5.74, 6) is -0.759. The van der Waals surface area contributed by atoms with Gasteiger partial charge in [0, 0.05) is 12.4 Å². The molecule has 0 fully saturated rings. The molecule has 0 unspecified atom stereocenters. The average Bonchev–Trinajstić information content (AvgIpc) is 2.04. The van der Waals surface area contributed by atoms with E-state index in [0.717, 1.165) is 0 Å². The summed E-state index contributed by atoms with van der Waals surface area (Å²) in [7, 11) is 0. The lowest BCUT2D eigenvalue weighted by atomic mass is 10.3. The van der Waals surface area contributed by atoms with E-state index in [0.29, 0.717) is 0 Å². The van der Waals surface area contributed by atoms with E-state index in [4.69, 9.17) is 5.73 Å². The molecule has 0 aliphatic heterocycles. The highest BCUT2D eigenvalue weighted by Crippen LogP contribution is 2.01. The van der Waals surface area contributed by atoms with E-state index in [1.165, 1.54) is 12.4 Å². The Hall–Kier alpha value is -1.52. The maximum atomic E-state index is 12.0. The first-order chi connectivity index (χ1) is 5.25. The molecular weight excluding hydrogens is 149 g/mol. The van der Waals surface area contributed by atoms with Gasteiger partial charge in [0.2, 0.25) is 0 Å². The van der Waals surface area contributed by atoms with Crippen LogP contribution in [0.5, 0.6) is 0 Å². The smallest absolute Gasteiger partial charge is 0.269 e. The zero-order chi connectivity index (χ0) is 8.27. The summed E-state index contributed by atoms with van der Waals surface area (Å²) in [6.07, 6.45) is 2.60. The fourth-order valence-electron chi connectivity index (χ4n) is 0.670. The third-order valence-corrected chi connectivity index (χ3v) is 1.13. The predicted molar refractivity (Wildman–Crippen MR) is 35.4 cm³/mol. The normalized spacial score (nSPS) is 9.55. The first-order valence-electron chi connectivity index (χ1n) is 2.91. The van der Waals surface area contributed by atoms with Gasteiger partial charge in [-0.05, 0) is 0 Å². The second-order valence-electron chi connectivity index (χ2n) is 1.85. The summed E-state index contributed by atoms with van der Waals surface area (Å²) in [6.45, 7) is -0.827. The predicted octanol–water partition coefficient (Wildman–Crippen LogP) is 0.0450. The van der Waals surface area contributed by atoms with Crippen molar-refractivity contribution in [2.75, 3.05) is 0 Å². The molecule has 0 saturated heterocycles. The van der Waals surface area contributed by atoms with Crippen molar-refractivity contribution in [3.63, 3.8) is 0 Å². The van der Waals surface area contributed by atoms with E-state index in [9.17, 15) is 9.18 Å². The maximum Gasteiger partial charge on any atom is 0.269 e. The molecule has 0 aliphatic carbocycles. The van der Waals surface area contributed by atoms with Crippen LogP contribution in [0.15, 0.2) is 12.4 Å². The number of carbonyl (C=O) groups is 1. The number of primary amides is 1. The van der Waals surface area contributed by atoms with Crippen LogP contribution in [0, 0.1) is 0 Å². The molecule has 1 aromatic heterocycles. The van der Waals surface area contributed by atoms with E-state index in [2.05, 4.69) is 9.97 Å². The fraction of sp³-hybridized carbons (Fsp3) is 0.167. The molecule has 0 aliphatic rings. The molecule has 0 spiro atoms. The van der Waals surface area contributed by atoms with Gasteiger partial charge in [-0.1, -0.05) is 0 Å². The van der Waals surface area contributed by atoms with Crippen LogP contribution >= 0.6 is 0 Å². The third-order valence-electron chi connectivity index (χ3n) is 1.13. The highest BCUT2D eigenvalue weighted by Gasteiger charge is 2.08. The minimum absolute atomic E-state index is 0.0139. The van der Waals surface area contributed by atoms with E-state index in [1.807, 2.05) is 0 Å². The van der Waals surface area contributed by atoms with Crippen molar-refractivity contribution in [1.29, 1.82) is 0 Å². The van der Waals surface area contributed by atoms with Crippen molar-refractivity contribution in [2.45, 2.75) is 6.67 Å². The maximum absolute atomic E-state index is 12.0. The Morgan fingerprint density at radius 2 is 2.18 bits per heavy atom. The van der Waals surface area contributed by atoms with Gasteiger partial charge in [-0.25, -0.2) is 9.37 Å². The molecule has 0 atom stereocenters. The number of aromatic nitrogens is 2. The largest absolute Gasteiger partial charge is 0.364 e. The van der Waals surface area contributed by atoms with Crippen LogP contribution in [0.1, 0.15) is 16.2 Å². The van der Waals surface area contributed by atoms with Crippen molar-refractivity contribution in [3.8, 4) is 0 Å². The van der Waals surface area contributed by atoms with E-state index >= 15 is 0 Å². The molecule has 1 heterocycles. The van der Waals surface area contributed by atoms with E-state index in [-0.39, 0.29) is 11.4 Å². The van der Waals surface area contributed by atoms with Crippen LogP contribution in [0.4, 0.5) is 4.39 Å². The van der Waals surface area contributed by atoms with Gasteiger partial charge in [-0.2, -0.15) is 0 Å². The van der Waals surface area contributed by atoms with Gasteiger partial charge < -0.3 is 5.73 Å². The van der Waals surface area contributed by atoms with Crippen molar-refractivity contribution >= 4 is 5.91 Å². The lowest BCUT2D eigenvalue weighted by molar-refractivity contribution is 0.0993. The van der Waals surface area contributed by atoms with Crippen LogP contribution in [-0.2, 0) is 6.67 Å². The first kappa shape index (κ1) is 7.59. The highest BCUT2D eigenvalue weighted by molar-refractivity contribution is 5.91. The van der Waals surface area contributed by atoms with Gasteiger partial charge in [-0.15, -0.1) is 0 Å². The highest BCUT2D eigenvalue weighted by atomic mass is 19.1. The van der Waals surface area contributed by atoms with Gasteiger partial charge in [-0.3, -0.25) is 9.78 Å². The summed E-state index contributed by atoms with van der Waals surface area (Å²) in [4.78, 5) is 17.7. The molecule has 11 heavy (non-hydrogen) atoms. The van der Waals surface area contributed by atoms with Crippen molar-refractivity contribution in [3.05, 3.63) is 23.8 Å². The van der Waals surface area contributed by atoms with Crippen LogP contribution in [0.25, 0.3) is 0 Å². The van der Waals surface area contributed by atoms with Gasteiger partial charge in [0.05, 0.1) is 0 Å². The lowest BCUT2D eigenvalue weighted by Gasteiger charge is -1.97. The number of nitrogens with zero attached hydrogens (tertiary/aromatic N) is 2. The number of carbonyl (C=O) groups excluding carboxylic acids is 1. The molecule has 0 radical (unpaired) electrons. The van der Waals surface area contributed by atoms with Crippen molar-refractivity contribution in [1.82, 2.24) is 9.97 Å². The molecule has 0 saturated carbocycles. The fourth-order valence-corrected chi connectivity index (χ4v) is 0.670. The second-order valence-corrected chi connectivity index (χ2v) is 1.85. The SMILES string of the molecule is NC(=O)c1nccnc1CF. The van der Waals surface area contributed by atoms with Crippen LogP contribution in [0.3, 0.4) is 0 Å². The summed E-state index contributed by atoms with van der Waals surface area (Å²) in [5.41, 5.74) is 4.77. The summed E-state index contributed by atoms with van der Waals surface area (Å²) < 4.78 is 12.0. The third kappa shape index (κ3) is 1.49. The van der Waals surface area contributed by atoms with E-state index < -0.39 is 12.6 Å². The quantitative estimate of drug-likeness (QED) is 0.655. The van der Waals surface area contributed by atoms with Gasteiger partial charge >= 0.3 is 0 Å². The molecule has 4 nitrogen and oxygen atoms in total. The summed E-state index contributed by atoms with van der Waals surface area (Å²) in [5, 5.41) is 0. The molecule has 5 heteroatoms. The number of amides is 1. The second kappa shape index (κ2) is 3.05. The molecule has 1 aromatic rings. The Morgan fingerprint density at radius 3 is 2.64 bits per heavy atom. The standard InChI is InChI=1S/C6H6FN3O/c7-3-4-5(6(8)11)10-2-1-9-4/h1-2H,3H2,(H2,8,11). The molecule has 0 bridgehead atoms. The lowest BCUT2D eigenvalue weighted by Crippen LogP contribution is -2.16. The molecule has 2 N–H and O–H groups in total. The number of hydrogen-bond donors (Lipinski definition) is 1. The molecule has 58 valence electrons. The topological polar surface area (TPSA) is 68.9 Å². The Bertz CT molecular complexity index is 276. The average molecular weight is 155 g/mol. The summed E-state index contributed by atoms with van der Waals surface area (Å²) in [6, 6.07) is 0. The minimum Gasteiger partial charge on any atom is -0.364 e. The number of alkyl halides is 1.